The number of rotatable bonds is 3. The highest BCUT2D eigenvalue weighted by atomic mass is 19.1. The zero-order valence-electron chi connectivity index (χ0n) is 15.5. The SMILES string of the molecule is Oc1ccc2c(O)c(C=C3N=Nc4ccc(F)cc43)oc2c1CN1CCNCC1. The molecular formula is C21H19FN4O3. The summed E-state index contributed by atoms with van der Waals surface area (Å²) < 4.78 is 19.6. The Morgan fingerprint density at radius 3 is 2.79 bits per heavy atom. The Morgan fingerprint density at radius 2 is 1.97 bits per heavy atom. The van der Waals surface area contributed by atoms with Crippen LogP contribution in [0, 0.1) is 5.82 Å². The minimum atomic E-state index is -0.390. The normalized spacial score (nSPS) is 18.0. The van der Waals surface area contributed by atoms with Crippen LogP contribution in [0.2, 0.25) is 0 Å². The van der Waals surface area contributed by atoms with Gasteiger partial charge in [-0.15, -0.1) is 10.2 Å². The Labute approximate surface area is 165 Å². The standard InChI is InChI=1S/C21H19FN4O3/c22-12-1-3-16-14(9-12)17(25-24-16)10-19-20(28)13-2-4-18(27)15(21(13)29-19)11-26-7-5-23-6-8-26/h1-4,9-10,23,27-28H,5-8,11H2. The lowest BCUT2D eigenvalue weighted by molar-refractivity contribution is 0.230. The molecule has 5 rings (SSSR count). The molecule has 3 aromatic rings. The molecule has 0 amide bonds. The van der Waals surface area contributed by atoms with Crippen molar-refractivity contribution in [1.82, 2.24) is 10.2 Å². The molecule has 0 saturated carbocycles. The number of nitrogens with zero attached hydrogens (tertiary/aromatic N) is 3. The molecule has 8 heteroatoms. The van der Waals surface area contributed by atoms with Crippen molar-refractivity contribution in [3.8, 4) is 11.5 Å². The van der Waals surface area contributed by atoms with Gasteiger partial charge in [0.05, 0.1) is 22.3 Å². The Hall–Kier alpha value is -3.23. The van der Waals surface area contributed by atoms with E-state index >= 15 is 0 Å². The predicted molar refractivity (Wildman–Crippen MR) is 106 cm³/mol. The number of aromatic hydroxyl groups is 2. The second kappa shape index (κ2) is 6.98. The van der Waals surface area contributed by atoms with E-state index in [1.54, 1.807) is 18.2 Å². The second-order valence-electron chi connectivity index (χ2n) is 7.17. The number of benzene rings is 2. The van der Waals surface area contributed by atoms with E-state index in [1.165, 1.54) is 18.2 Å². The van der Waals surface area contributed by atoms with Crippen molar-refractivity contribution in [3.63, 3.8) is 0 Å². The molecule has 3 heterocycles. The predicted octanol–water partition coefficient (Wildman–Crippen LogP) is 3.98. The summed E-state index contributed by atoms with van der Waals surface area (Å²) in [6.07, 6.45) is 1.54. The van der Waals surface area contributed by atoms with E-state index in [9.17, 15) is 14.6 Å². The first kappa shape index (κ1) is 17.8. The van der Waals surface area contributed by atoms with Crippen LogP contribution >= 0.6 is 0 Å². The summed E-state index contributed by atoms with van der Waals surface area (Å²) in [5.74, 6) is -0.122. The van der Waals surface area contributed by atoms with Crippen LogP contribution in [0.25, 0.3) is 22.7 Å². The van der Waals surface area contributed by atoms with Crippen LogP contribution in [-0.2, 0) is 6.54 Å². The number of nitrogens with one attached hydrogen (secondary N) is 1. The summed E-state index contributed by atoms with van der Waals surface area (Å²) in [4.78, 5) is 2.22. The molecule has 0 aliphatic carbocycles. The van der Waals surface area contributed by atoms with E-state index in [4.69, 9.17) is 4.42 Å². The molecule has 148 valence electrons. The van der Waals surface area contributed by atoms with Gasteiger partial charge in [0.15, 0.2) is 11.5 Å². The van der Waals surface area contributed by atoms with Crippen LogP contribution < -0.4 is 5.32 Å². The highest BCUT2D eigenvalue weighted by Gasteiger charge is 2.22. The van der Waals surface area contributed by atoms with Crippen LogP contribution in [0.15, 0.2) is 45.0 Å². The van der Waals surface area contributed by atoms with E-state index in [-0.39, 0.29) is 23.1 Å². The Morgan fingerprint density at radius 1 is 1.14 bits per heavy atom. The summed E-state index contributed by atoms with van der Waals surface area (Å²) in [5.41, 5.74) is 2.56. The smallest absolute Gasteiger partial charge is 0.172 e. The molecule has 1 fully saturated rings. The third-order valence-electron chi connectivity index (χ3n) is 5.30. The van der Waals surface area contributed by atoms with Crippen molar-refractivity contribution >= 4 is 28.4 Å². The van der Waals surface area contributed by atoms with Gasteiger partial charge < -0.3 is 19.9 Å². The zero-order chi connectivity index (χ0) is 20.0. The monoisotopic (exact) mass is 394 g/mol. The number of halogens is 1. The third kappa shape index (κ3) is 3.16. The molecule has 2 aliphatic rings. The first-order chi connectivity index (χ1) is 14.1. The first-order valence-corrected chi connectivity index (χ1v) is 9.43. The molecule has 0 atom stereocenters. The van der Waals surface area contributed by atoms with Crippen molar-refractivity contribution in [2.24, 2.45) is 10.2 Å². The van der Waals surface area contributed by atoms with Gasteiger partial charge in [-0.3, -0.25) is 4.90 Å². The van der Waals surface area contributed by atoms with Gasteiger partial charge in [-0.25, -0.2) is 4.39 Å². The largest absolute Gasteiger partial charge is 0.507 e. The summed E-state index contributed by atoms with van der Waals surface area (Å²) in [6, 6.07) is 7.41. The fraction of sp³-hybridized carbons (Fsp3) is 0.238. The van der Waals surface area contributed by atoms with Crippen molar-refractivity contribution in [3.05, 3.63) is 53.0 Å². The molecule has 0 radical (unpaired) electrons. The lowest BCUT2D eigenvalue weighted by atomic mass is 10.1. The van der Waals surface area contributed by atoms with Crippen molar-refractivity contribution < 1.29 is 19.0 Å². The summed E-state index contributed by atoms with van der Waals surface area (Å²) in [6.45, 7) is 4.02. The molecule has 1 aromatic heterocycles. The second-order valence-corrected chi connectivity index (χ2v) is 7.17. The number of hydrogen-bond acceptors (Lipinski definition) is 7. The fourth-order valence-corrected chi connectivity index (χ4v) is 3.75. The van der Waals surface area contributed by atoms with Gasteiger partial charge >= 0.3 is 0 Å². The van der Waals surface area contributed by atoms with Crippen LogP contribution in [0.1, 0.15) is 16.9 Å². The van der Waals surface area contributed by atoms with E-state index in [1.807, 2.05) is 0 Å². The summed E-state index contributed by atoms with van der Waals surface area (Å²) in [5, 5.41) is 33.0. The summed E-state index contributed by atoms with van der Waals surface area (Å²) >= 11 is 0. The maximum atomic E-state index is 13.6. The Balaban J connectivity index is 1.57. The molecule has 0 unspecified atom stereocenters. The number of phenolic OH excluding ortho intramolecular Hbond substituents is 1. The molecular weight excluding hydrogens is 375 g/mol. The Kier molecular flexibility index (Phi) is 4.30. The Bertz CT molecular complexity index is 1160. The minimum Gasteiger partial charge on any atom is -0.507 e. The highest BCUT2D eigenvalue weighted by Crippen LogP contribution is 2.42. The number of fused-ring (bicyclic) bond motifs is 2. The van der Waals surface area contributed by atoms with Crippen molar-refractivity contribution in [2.75, 3.05) is 26.2 Å². The van der Waals surface area contributed by atoms with Gasteiger partial charge in [0.25, 0.3) is 0 Å². The lowest BCUT2D eigenvalue weighted by Gasteiger charge is -2.27. The zero-order valence-corrected chi connectivity index (χ0v) is 15.5. The molecule has 7 nitrogen and oxygen atoms in total. The van der Waals surface area contributed by atoms with Crippen LogP contribution in [0.4, 0.5) is 10.1 Å². The van der Waals surface area contributed by atoms with Gasteiger partial charge in [-0.2, -0.15) is 0 Å². The van der Waals surface area contributed by atoms with E-state index in [0.717, 1.165) is 26.2 Å². The molecule has 2 aliphatic heterocycles. The lowest BCUT2D eigenvalue weighted by Crippen LogP contribution is -2.42. The van der Waals surface area contributed by atoms with Gasteiger partial charge in [-0.05, 0) is 30.3 Å². The molecule has 0 spiro atoms. The highest BCUT2D eigenvalue weighted by molar-refractivity contribution is 5.95. The molecule has 1 saturated heterocycles. The number of azo groups is 1. The average Bonchev–Trinajstić information content (AvgIpc) is 3.26. The molecule has 0 bridgehead atoms. The van der Waals surface area contributed by atoms with E-state index in [0.29, 0.717) is 40.0 Å². The minimum absolute atomic E-state index is 0.0471. The quantitative estimate of drug-likeness (QED) is 0.625. The van der Waals surface area contributed by atoms with Crippen molar-refractivity contribution in [1.29, 1.82) is 0 Å². The third-order valence-corrected chi connectivity index (χ3v) is 5.30. The number of furan rings is 1. The average molecular weight is 394 g/mol. The molecule has 3 N–H and O–H groups in total. The maximum Gasteiger partial charge on any atom is 0.172 e. The van der Waals surface area contributed by atoms with Crippen LogP contribution in [-0.4, -0.2) is 41.3 Å². The van der Waals surface area contributed by atoms with Gasteiger partial charge in [0.2, 0.25) is 0 Å². The van der Waals surface area contributed by atoms with E-state index in [2.05, 4.69) is 20.4 Å². The van der Waals surface area contributed by atoms with Crippen LogP contribution in [0.3, 0.4) is 0 Å². The van der Waals surface area contributed by atoms with Gasteiger partial charge in [-0.1, -0.05) is 0 Å². The molecule has 2 aromatic carbocycles. The van der Waals surface area contributed by atoms with Gasteiger partial charge in [0, 0.05) is 44.4 Å². The van der Waals surface area contributed by atoms with Crippen molar-refractivity contribution in [2.45, 2.75) is 6.54 Å². The number of piperazine rings is 1. The van der Waals surface area contributed by atoms with E-state index < -0.39 is 0 Å². The number of hydrogen-bond donors (Lipinski definition) is 3. The van der Waals surface area contributed by atoms with Gasteiger partial charge in [0.1, 0.15) is 17.1 Å². The topological polar surface area (TPSA) is 93.6 Å². The first-order valence-electron chi connectivity index (χ1n) is 9.43. The molecule has 29 heavy (non-hydrogen) atoms. The van der Waals surface area contributed by atoms with Crippen LogP contribution in [0.5, 0.6) is 11.5 Å². The fourth-order valence-electron chi connectivity index (χ4n) is 3.75. The maximum absolute atomic E-state index is 13.6. The number of phenols is 1. The summed E-state index contributed by atoms with van der Waals surface area (Å²) in [7, 11) is 0.